The molecule has 0 atom stereocenters. The SMILES string of the molecule is N#CCCNC(=O)c1cccc(-c2cc3nccn3c(Nc3cc(C4CC4)[nH]n3)n2)c1. The first kappa shape index (κ1) is 18.8. The van der Waals surface area contributed by atoms with E-state index in [1.807, 2.05) is 40.9 Å². The summed E-state index contributed by atoms with van der Waals surface area (Å²) in [5, 5.41) is 22.1. The topological polar surface area (TPSA) is 124 Å². The molecule has 1 saturated carbocycles. The highest BCUT2D eigenvalue weighted by Crippen LogP contribution is 2.39. The second-order valence-corrected chi connectivity index (χ2v) is 7.47. The molecular weight excluding hydrogens is 392 g/mol. The lowest BCUT2D eigenvalue weighted by molar-refractivity contribution is 0.0954. The van der Waals surface area contributed by atoms with Crippen LogP contribution in [0.3, 0.4) is 0 Å². The molecule has 1 amide bonds. The molecule has 31 heavy (non-hydrogen) atoms. The Kier molecular flexibility index (Phi) is 4.80. The maximum atomic E-state index is 12.4. The Bertz CT molecular complexity index is 1290. The summed E-state index contributed by atoms with van der Waals surface area (Å²) in [6.07, 6.45) is 6.21. The van der Waals surface area contributed by atoms with Gasteiger partial charge in [0, 0.05) is 53.8 Å². The van der Waals surface area contributed by atoms with Gasteiger partial charge in [-0.05, 0) is 25.0 Å². The number of imidazole rings is 1. The van der Waals surface area contributed by atoms with Crippen molar-refractivity contribution in [3.63, 3.8) is 0 Å². The molecule has 1 aliphatic carbocycles. The monoisotopic (exact) mass is 412 g/mol. The number of nitrogens with one attached hydrogen (secondary N) is 3. The van der Waals surface area contributed by atoms with Gasteiger partial charge in [-0.25, -0.2) is 9.97 Å². The van der Waals surface area contributed by atoms with Crippen LogP contribution in [0.25, 0.3) is 16.9 Å². The summed E-state index contributed by atoms with van der Waals surface area (Å²) < 4.78 is 1.85. The van der Waals surface area contributed by atoms with Gasteiger partial charge in [-0.2, -0.15) is 10.4 Å². The first-order valence-electron chi connectivity index (χ1n) is 10.1. The van der Waals surface area contributed by atoms with Crippen molar-refractivity contribution in [1.29, 1.82) is 5.26 Å². The highest BCUT2D eigenvalue weighted by molar-refractivity contribution is 5.95. The summed E-state index contributed by atoms with van der Waals surface area (Å²) in [7, 11) is 0. The Morgan fingerprint density at radius 2 is 2.19 bits per heavy atom. The fraction of sp³-hybridized carbons (Fsp3) is 0.227. The smallest absolute Gasteiger partial charge is 0.251 e. The standard InChI is InChI=1S/C22H20N8O/c23-7-2-8-25-21(31)16-4-1-3-15(11-16)17-13-20-24-9-10-30(20)22(26-17)27-19-12-18(28-29-19)14-5-6-14/h1,3-4,9-14H,2,5-6,8H2,(H,25,31)(H2,26,27,28,29). The number of nitrogens with zero attached hydrogens (tertiary/aromatic N) is 5. The van der Waals surface area contributed by atoms with E-state index in [9.17, 15) is 4.79 Å². The molecule has 1 aromatic carbocycles. The van der Waals surface area contributed by atoms with Gasteiger partial charge < -0.3 is 10.6 Å². The predicted octanol–water partition coefficient (Wildman–Crippen LogP) is 3.38. The van der Waals surface area contributed by atoms with E-state index in [0.29, 0.717) is 35.5 Å². The number of carbonyl (C=O) groups excluding carboxylic acids is 1. The number of rotatable bonds is 7. The highest BCUT2D eigenvalue weighted by Gasteiger charge is 2.25. The normalized spacial score (nSPS) is 13.1. The van der Waals surface area contributed by atoms with Crippen LogP contribution in [-0.2, 0) is 0 Å². The minimum Gasteiger partial charge on any atom is -0.351 e. The number of amides is 1. The Balaban J connectivity index is 1.45. The van der Waals surface area contributed by atoms with Crippen molar-refractivity contribution < 1.29 is 4.79 Å². The average molecular weight is 412 g/mol. The van der Waals surface area contributed by atoms with Crippen LogP contribution < -0.4 is 10.6 Å². The summed E-state index contributed by atoms with van der Waals surface area (Å²) in [5.74, 6) is 1.65. The van der Waals surface area contributed by atoms with E-state index in [2.05, 4.69) is 25.8 Å². The number of anilines is 2. The van der Waals surface area contributed by atoms with Crippen LogP contribution in [-0.4, -0.2) is 37.0 Å². The third-order valence-electron chi connectivity index (χ3n) is 5.19. The molecule has 9 nitrogen and oxygen atoms in total. The first-order valence-corrected chi connectivity index (χ1v) is 10.1. The summed E-state index contributed by atoms with van der Waals surface area (Å²) in [6, 6.07) is 13.1. The minimum absolute atomic E-state index is 0.221. The van der Waals surface area contributed by atoms with Crippen molar-refractivity contribution in [2.75, 3.05) is 11.9 Å². The fourth-order valence-electron chi connectivity index (χ4n) is 3.43. The molecule has 1 aliphatic rings. The van der Waals surface area contributed by atoms with Crippen LogP contribution in [0.2, 0.25) is 0 Å². The summed E-state index contributed by atoms with van der Waals surface area (Å²) in [5.41, 5.74) is 3.86. The number of benzene rings is 1. The third-order valence-corrected chi connectivity index (χ3v) is 5.19. The lowest BCUT2D eigenvalue weighted by Gasteiger charge is -2.10. The van der Waals surface area contributed by atoms with Gasteiger partial charge in [0.1, 0.15) is 5.65 Å². The second-order valence-electron chi connectivity index (χ2n) is 7.47. The lowest BCUT2D eigenvalue weighted by atomic mass is 10.1. The number of fused-ring (bicyclic) bond motifs is 1. The zero-order valence-corrected chi connectivity index (χ0v) is 16.7. The van der Waals surface area contributed by atoms with Gasteiger partial charge in [0.15, 0.2) is 5.82 Å². The first-order chi connectivity index (χ1) is 15.2. The minimum atomic E-state index is -0.221. The maximum Gasteiger partial charge on any atom is 0.251 e. The zero-order chi connectivity index (χ0) is 21.2. The molecule has 154 valence electrons. The van der Waals surface area contributed by atoms with E-state index in [-0.39, 0.29) is 12.3 Å². The number of carbonyl (C=O) groups is 1. The lowest BCUT2D eigenvalue weighted by Crippen LogP contribution is -2.24. The Hall–Kier alpha value is -4.19. The molecule has 0 bridgehead atoms. The molecule has 4 aromatic rings. The molecule has 3 heterocycles. The van der Waals surface area contributed by atoms with E-state index in [4.69, 9.17) is 10.2 Å². The van der Waals surface area contributed by atoms with Crippen molar-refractivity contribution in [2.24, 2.45) is 0 Å². The Morgan fingerprint density at radius 1 is 1.29 bits per heavy atom. The van der Waals surface area contributed by atoms with Gasteiger partial charge in [0.25, 0.3) is 5.91 Å². The van der Waals surface area contributed by atoms with Gasteiger partial charge in [0.2, 0.25) is 5.95 Å². The summed E-state index contributed by atoms with van der Waals surface area (Å²) >= 11 is 0. The van der Waals surface area contributed by atoms with Crippen LogP contribution in [0.5, 0.6) is 0 Å². The van der Waals surface area contributed by atoms with Crippen LogP contribution >= 0.6 is 0 Å². The van der Waals surface area contributed by atoms with Crippen molar-refractivity contribution in [3.8, 4) is 17.3 Å². The zero-order valence-electron chi connectivity index (χ0n) is 16.7. The van der Waals surface area contributed by atoms with Crippen LogP contribution in [0.4, 0.5) is 11.8 Å². The van der Waals surface area contributed by atoms with Crippen molar-refractivity contribution in [1.82, 2.24) is 29.9 Å². The molecule has 0 aliphatic heterocycles. The van der Waals surface area contributed by atoms with E-state index in [0.717, 1.165) is 16.9 Å². The molecule has 0 spiro atoms. The van der Waals surface area contributed by atoms with Crippen LogP contribution in [0.1, 0.15) is 41.2 Å². The number of hydrogen-bond acceptors (Lipinski definition) is 6. The predicted molar refractivity (Wildman–Crippen MR) is 115 cm³/mol. The van der Waals surface area contributed by atoms with E-state index < -0.39 is 0 Å². The fourth-order valence-corrected chi connectivity index (χ4v) is 3.43. The molecule has 3 N–H and O–H groups in total. The third kappa shape index (κ3) is 3.96. The van der Waals surface area contributed by atoms with Gasteiger partial charge in [0.05, 0.1) is 18.2 Å². The molecule has 9 heteroatoms. The quantitative estimate of drug-likeness (QED) is 0.400. The van der Waals surface area contributed by atoms with Crippen molar-refractivity contribution in [2.45, 2.75) is 25.2 Å². The number of hydrogen-bond donors (Lipinski definition) is 3. The molecule has 1 fully saturated rings. The maximum absolute atomic E-state index is 12.4. The van der Waals surface area contributed by atoms with Gasteiger partial charge in [-0.3, -0.25) is 14.3 Å². The number of aromatic amines is 1. The molecule has 0 radical (unpaired) electrons. The molecule has 0 unspecified atom stereocenters. The molecule has 0 saturated heterocycles. The summed E-state index contributed by atoms with van der Waals surface area (Å²) in [4.78, 5) is 21.5. The second kappa shape index (κ2) is 7.91. The molecule has 3 aromatic heterocycles. The van der Waals surface area contributed by atoms with Gasteiger partial charge >= 0.3 is 0 Å². The van der Waals surface area contributed by atoms with Gasteiger partial charge in [-0.1, -0.05) is 12.1 Å². The summed E-state index contributed by atoms with van der Waals surface area (Å²) in [6.45, 7) is 0.318. The van der Waals surface area contributed by atoms with Crippen LogP contribution in [0.15, 0.2) is 48.8 Å². The van der Waals surface area contributed by atoms with Crippen molar-refractivity contribution >= 4 is 23.3 Å². The van der Waals surface area contributed by atoms with Crippen molar-refractivity contribution in [3.05, 3.63) is 60.0 Å². The Labute approximate surface area is 178 Å². The van der Waals surface area contributed by atoms with E-state index in [1.165, 1.54) is 12.8 Å². The molecule has 5 rings (SSSR count). The largest absolute Gasteiger partial charge is 0.351 e. The number of nitriles is 1. The Morgan fingerprint density at radius 3 is 3.03 bits per heavy atom. The molecular formula is C22H20N8O. The number of H-pyrrole nitrogens is 1. The highest BCUT2D eigenvalue weighted by atomic mass is 16.1. The van der Waals surface area contributed by atoms with E-state index in [1.54, 1.807) is 18.3 Å². The van der Waals surface area contributed by atoms with Gasteiger partial charge in [-0.15, -0.1) is 0 Å². The average Bonchev–Trinajstić information content (AvgIpc) is 3.34. The van der Waals surface area contributed by atoms with Crippen LogP contribution in [0, 0.1) is 11.3 Å². The number of aromatic nitrogens is 5. The van der Waals surface area contributed by atoms with E-state index >= 15 is 0 Å².